The predicted molar refractivity (Wildman–Crippen MR) is 28.3 cm³/mol. The lowest BCUT2D eigenvalue weighted by Crippen LogP contribution is -2.01. The first-order valence-electron chi connectivity index (χ1n) is 1.92. The van der Waals surface area contributed by atoms with Crippen LogP contribution in [0.4, 0.5) is 0 Å². The van der Waals surface area contributed by atoms with Crippen LogP contribution in [0.3, 0.4) is 0 Å². The third kappa shape index (κ3) is 1.92. The van der Waals surface area contributed by atoms with E-state index in [1.54, 1.807) is 13.8 Å². The molecule has 0 aromatic heterocycles. The summed E-state index contributed by atoms with van der Waals surface area (Å²) >= 11 is 0. The Morgan fingerprint density at radius 3 is 2.00 bits per heavy atom. The second-order valence-electron chi connectivity index (χ2n) is 1.31. The predicted octanol–water partition coefficient (Wildman–Crippen LogP) is 0.876. The van der Waals surface area contributed by atoms with Gasteiger partial charge in [-0.15, -0.1) is 0 Å². The van der Waals surface area contributed by atoms with E-state index in [0.29, 0.717) is 11.4 Å². The van der Waals surface area contributed by atoms with E-state index < -0.39 is 0 Å². The van der Waals surface area contributed by atoms with Crippen LogP contribution in [0.15, 0.2) is 5.16 Å². The maximum Gasteiger partial charge on any atom is 0.0968 e. The second-order valence-corrected chi connectivity index (χ2v) is 1.31. The van der Waals surface area contributed by atoms with E-state index in [4.69, 9.17) is 10.6 Å². The number of oxime groups is 1. The van der Waals surface area contributed by atoms with E-state index in [-0.39, 0.29) is 0 Å². The van der Waals surface area contributed by atoms with Gasteiger partial charge in [0.1, 0.15) is 0 Å². The lowest BCUT2D eigenvalue weighted by atomic mass is 10.3. The number of nitrogens with zero attached hydrogens (tertiary/aromatic N) is 1. The maximum absolute atomic E-state index is 7.95. The molecule has 2 N–H and O–H groups in total. The van der Waals surface area contributed by atoms with Gasteiger partial charge in [0.05, 0.1) is 11.4 Å². The van der Waals surface area contributed by atoms with Gasteiger partial charge in [0.15, 0.2) is 0 Å². The Balaban J connectivity index is 3.82. The molecule has 0 radical (unpaired) electrons. The third-order valence-electron chi connectivity index (χ3n) is 0.693. The molecule has 0 saturated heterocycles. The highest BCUT2D eigenvalue weighted by molar-refractivity contribution is 6.39. The molecule has 0 saturated carbocycles. The molecule has 0 spiro atoms. The summed E-state index contributed by atoms with van der Waals surface area (Å²) in [4.78, 5) is 0. The quantitative estimate of drug-likeness (QED) is 0.287. The van der Waals surface area contributed by atoms with Crippen molar-refractivity contribution in [3.63, 3.8) is 0 Å². The topological polar surface area (TPSA) is 56.4 Å². The minimum atomic E-state index is 0.294. The van der Waals surface area contributed by atoms with Crippen molar-refractivity contribution in [1.29, 1.82) is 5.41 Å². The first-order valence-corrected chi connectivity index (χ1v) is 1.92. The fourth-order valence-electron chi connectivity index (χ4n) is 0.0750. The molecule has 0 aliphatic rings. The summed E-state index contributed by atoms with van der Waals surface area (Å²) in [5.74, 6) is 0. The molecule has 0 bridgehead atoms. The molecule has 3 heteroatoms. The molecule has 0 rings (SSSR count). The molecule has 0 aromatic rings. The smallest absolute Gasteiger partial charge is 0.0968 e. The van der Waals surface area contributed by atoms with Crippen molar-refractivity contribution in [2.45, 2.75) is 13.8 Å². The lowest BCUT2D eigenvalue weighted by molar-refractivity contribution is 0.320. The summed E-state index contributed by atoms with van der Waals surface area (Å²) in [5.41, 5.74) is 0.655. The average molecular weight is 100 g/mol. The molecule has 0 aliphatic heterocycles. The maximum atomic E-state index is 7.95. The van der Waals surface area contributed by atoms with Gasteiger partial charge in [-0.2, -0.15) is 0 Å². The largest absolute Gasteiger partial charge is 0.411 e. The van der Waals surface area contributed by atoms with Crippen LogP contribution in [0.5, 0.6) is 0 Å². The summed E-state index contributed by atoms with van der Waals surface area (Å²) in [6, 6.07) is 0. The van der Waals surface area contributed by atoms with Crippen LogP contribution in [0.2, 0.25) is 0 Å². The van der Waals surface area contributed by atoms with Crippen molar-refractivity contribution in [3.8, 4) is 0 Å². The van der Waals surface area contributed by atoms with Crippen LogP contribution < -0.4 is 0 Å². The average Bonchev–Trinajstić information content (AvgIpc) is 1.65. The Labute approximate surface area is 42.2 Å². The molecule has 40 valence electrons. The van der Waals surface area contributed by atoms with E-state index in [1.807, 2.05) is 0 Å². The first-order chi connectivity index (χ1) is 3.18. The SMILES string of the molecule is CC(=N)/C(C)=N/O. The van der Waals surface area contributed by atoms with Gasteiger partial charge >= 0.3 is 0 Å². The van der Waals surface area contributed by atoms with Gasteiger partial charge in [0.25, 0.3) is 0 Å². The van der Waals surface area contributed by atoms with Gasteiger partial charge < -0.3 is 10.6 Å². The van der Waals surface area contributed by atoms with E-state index in [1.165, 1.54) is 0 Å². The van der Waals surface area contributed by atoms with Crippen LogP contribution in [-0.4, -0.2) is 16.6 Å². The molecule has 0 amide bonds. The van der Waals surface area contributed by atoms with E-state index in [2.05, 4.69) is 5.16 Å². The highest BCUT2D eigenvalue weighted by Crippen LogP contribution is 1.74. The lowest BCUT2D eigenvalue weighted by Gasteiger charge is -1.86. The van der Waals surface area contributed by atoms with Crippen molar-refractivity contribution >= 4 is 11.4 Å². The Morgan fingerprint density at radius 1 is 1.57 bits per heavy atom. The van der Waals surface area contributed by atoms with Crippen LogP contribution in [0, 0.1) is 5.41 Å². The zero-order chi connectivity index (χ0) is 5.86. The van der Waals surface area contributed by atoms with Gasteiger partial charge in [0, 0.05) is 0 Å². The number of nitrogens with one attached hydrogen (secondary N) is 1. The molecule has 0 aliphatic carbocycles. The van der Waals surface area contributed by atoms with Gasteiger partial charge in [-0.1, -0.05) is 5.16 Å². The standard InChI is InChI=1S/C4H8N2O/c1-3(5)4(2)6-7/h5,7H,1-2H3/b5-3?,6-4+. The molecule has 0 atom stereocenters. The van der Waals surface area contributed by atoms with Gasteiger partial charge in [-0.3, -0.25) is 0 Å². The summed E-state index contributed by atoms with van der Waals surface area (Å²) in [5, 5.41) is 17.5. The number of hydrogen-bond acceptors (Lipinski definition) is 3. The summed E-state index contributed by atoms with van der Waals surface area (Å²) in [7, 11) is 0. The van der Waals surface area contributed by atoms with Crippen LogP contribution in [0.25, 0.3) is 0 Å². The Bertz CT molecular complexity index is 106. The van der Waals surface area contributed by atoms with E-state index in [9.17, 15) is 0 Å². The summed E-state index contributed by atoms with van der Waals surface area (Å²) in [6.07, 6.45) is 0. The van der Waals surface area contributed by atoms with Crippen molar-refractivity contribution < 1.29 is 5.21 Å². The molecule has 0 heterocycles. The summed E-state index contributed by atoms with van der Waals surface area (Å²) in [6.45, 7) is 3.14. The molecule has 3 nitrogen and oxygen atoms in total. The van der Waals surface area contributed by atoms with Gasteiger partial charge in [-0.25, -0.2) is 0 Å². The van der Waals surface area contributed by atoms with Crippen molar-refractivity contribution in [3.05, 3.63) is 0 Å². The second kappa shape index (κ2) is 2.34. The summed E-state index contributed by atoms with van der Waals surface area (Å²) < 4.78 is 0. The zero-order valence-electron chi connectivity index (χ0n) is 4.39. The molecular formula is C4H8N2O. The van der Waals surface area contributed by atoms with E-state index in [0.717, 1.165) is 0 Å². The van der Waals surface area contributed by atoms with E-state index >= 15 is 0 Å². The number of hydrogen-bond donors (Lipinski definition) is 2. The van der Waals surface area contributed by atoms with Gasteiger partial charge in [-0.05, 0) is 13.8 Å². The van der Waals surface area contributed by atoms with Crippen molar-refractivity contribution in [2.75, 3.05) is 0 Å². The highest BCUT2D eigenvalue weighted by atomic mass is 16.4. The zero-order valence-corrected chi connectivity index (χ0v) is 4.39. The van der Waals surface area contributed by atoms with Crippen LogP contribution >= 0.6 is 0 Å². The third-order valence-corrected chi connectivity index (χ3v) is 0.693. The van der Waals surface area contributed by atoms with Crippen LogP contribution in [-0.2, 0) is 0 Å². The van der Waals surface area contributed by atoms with Crippen LogP contribution in [0.1, 0.15) is 13.8 Å². The minimum Gasteiger partial charge on any atom is -0.411 e. The molecule has 0 unspecified atom stereocenters. The van der Waals surface area contributed by atoms with Gasteiger partial charge in [0.2, 0.25) is 0 Å². The van der Waals surface area contributed by atoms with Crippen molar-refractivity contribution in [2.24, 2.45) is 5.16 Å². The molecular weight excluding hydrogens is 92.1 g/mol. The minimum absolute atomic E-state index is 0.294. The Kier molecular flexibility index (Phi) is 2.05. The molecule has 0 fully saturated rings. The molecule has 0 aromatic carbocycles. The fourth-order valence-corrected chi connectivity index (χ4v) is 0.0750. The molecule has 7 heavy (non-hydrogen) atoms. The monoisotopic (exact) mass is 100 g/mol. The normalized spacial score (nSPS) is 11.4. The Hall–Kier alpha value is -0.860. The fraction of sp³-hybridized carbons (Fsp3) is 0.500. The Morgan fingerprint density at radius 2 is 2.00 bits per heavy atom. The number of rotatable bonds is 1. The first kappa shape index (κ1) is 6.14. The highest BCUT2D eigenvalue weighted by Gasteiger charge is 1.88. The van der Waals surface area contributed by atoms with Crippen molar-refractivity contribution in [1.82, 2.24) is 0 Å².